The predicted octanol–water partition coefficient (Wildman–Crippen LogP) is 2.69. The maximum absolute atomic E-state index is 13.0. The molecular weight excluding hydrogens is 370 g/mol. The fraction of sp³-hybridized carbons (Fsp3) is 0.263. The van der Waals surface area contributed by atoms with Crippen molar-refractivity contribution >= 4 is 23.0 Å². The number of aliphatic hydroxyl groups excluding tert-OH is 1. The van der Waals surface area contributed by atoms with E-state index in [0.717, 1.165) is 0 Å². The number of ether oxygens (including phenoxy) is 2. The van der Waals surface area contributed by atoms with Gasteiger partial charge in [-0.2, -0.15) is 0 Å². The van der Waals surface area contributed by atoms with E-state index in [9.17, 15) is 19.8 Å². The van der Waals surface area contributed by atoms with E-state index < -0.39 is 23.5 Å². The Hall–Kier alpha value is -2.84. The molecule has 1 aromatic heterocycles. The number of phenolic OH excluding ortho intramolecular Hbond substituents is 1. The summed E-state index contributed by atoms with van der Waals surface area (Å²) in [6.45, 7) is 0.430. The molecule has 2 aromatic rings. The van der Waals surface area contributed by atoms with Crippen molar-refractivity contribution in [3.63, 3.8) is 0 Å². The molecule has 0 bridgehead atoms. The molecule has 1 aliphatic heterocycles. The number of carbonyl (C=O) groups is 2. The summed E-state index contributed by atoms with van der Waals surface area (Å²) in [4.78, 5) is 27.4. The molecule has 1 amide bonds. The van der Waals surface area contributed by atoms with Crippen molar-refractivity contribution in [3.05, 3.63) is 57.5 Å². The Labute approximate surface area is 160 Å². The highest BCUT2D eigenvalue weighted by Crippen LogP contribution is 2.41. The Kier molecular flexibility index (Phi) is 5.48. The molecule has 0 fully saturated rings. The van der Waals surface area contributed by atoms with Crippen LogP contribution in [0.2, 0.25) is 0 Å². The molecule has 1 atom stereocenters. The first kappa shape index (κ1) is 18.9. The van der Waals surface area contributed by atoms with Gasteiger partial charge in [0.1, 0.15) is 0 Å². The number of methoxy groups -OCH3 is 2. The lowest BCUT2D eigenvalue weighted by Crippen LogP contribution is -2.34. The third-order valence-corrected chi connectivity index (χ3v) is 5.22. The number of amides is 1. The predicted molar refractivity (Wildman–Crippen MR) is 99.3 cm³/mol. The summed E-state index contributed by atoms with van der Waals surface area (Å²) in [5.41, 5.74) is 0.546. The number of hydrogen-bond acceptors (Lipinski definition) is 7. The molecule has 142 valence electrons. The molecule has 0 radical (unpaired) electrons. The zero-order valence-electron chi connectivity index (χ0n) is 14.8. The number of nitrogens with zero attached hydrogens (tertiary/aromatic N) is 1. The molecule has 0 saturated carbocycles. The van der Waals surface area contributed by atoms with Crippen LogP contribution >= 0.6 is 11.3 Å². The number of carbonyl (C=O) groups excluding carboxylic acids is 2. The second kappa shape index (κ2) is 7.81. The SMILES string of the molecule is COCCN1C(=O)C(O)=C(C(=O)c2cccs2)C1c1ccc(O)c(OC)c1. The van der Waals surface area contributed by atoms with Crippen molar-refractivity contribution in [2.45, 2.75) is 6.04 Å². The first-order chi connectivity index (χ1) is 13.0. The van der Waals surface area contributed by atoms with E-state index in [1.807, 2.05) is 0 Å². The highest BCUT2D eigenvalue weighted by atomic mass is 32.1. The third kappa shape index (κ3) is 3.41. The minimum atomic E-state index is -0.809. The summed E-state index contributed by atoms with van der Waals surface area (Å²) in [6, 6.07) is 7.13. The van der Waals surface area contributed by atoms with Crippen LogP contribution in [0.5, 0.6) is 11.5 Å². The third-order valence-electron chi connectivity index (χ3n) is 4.35. The van der Waals surface area contributed by atoms with Crippen molar-refractivity contribution in [2.75, 3.05) is 27.4 Å². The van der Waals surface area contributed by atoms with Gasteiger partial charge < -0.3 is 24.6 Å². The highest BCUT2D eigenvalue weighted by Gasteiger charge is 2.44. The lowest BCUT2D eigenvalue weighted by molar-refractivity contribution is -0.130. The molecule has 3 rings (SSSR count). The highest BCUT2D eigenvalue weighted by molar-refractivity contribution is 7.12. The fourth-order valence-corrected chi connectivity index (χ4v) is 3.74. The van der Waals surface area contributed by atoms with E-state index in [-0.39, 0.29) is 30.2 Å². The summed E-state index contributed by atoms with van der Waals surface area (Å²) in [5.74, 6) is -1.47. The summed E-state index contributed by atoms with van der Waals surface area (Å²) < 4.78 is 10.2. The van der Waals surface area contributed by atoms with Crippen LogP contribution in [0.25, 0.3) is 0 Å². The fourth-order valence-electron chi connectivity index (χ4n) is 3.06. The maximum atomic E-state index is 13.0. The second-order valence-corrected chi connectivity index (χ2v) is 6.84. The number of rotatable bonds is 7. The van der Waals surface area contributed by atoms with Crippen LogP contribution in [0.4, 0.5) is 0 Å². The lowest BCUT2D eigenvalue weighted by atomic mass is 9.95. The van der Waals surface area contributed by atoms with E-state index in [4.69, 9.17) is 9.47 Å². The molecule has 0 saturated heterocycles. The van der Waals surface area contributed by atoms with Crippen LogP contribution in [-0.4, -0.2) is 54.2 Å². The molecule has 2 N–H and O–H groups in total. The molecule has 27 heavy (non-hydrogen) atoms. The second-order valence-electron chi connectivity index (χ2n) is 5.89. The van der Waals surface area contributed by atoms with Crippen LogP contribution in [-0.2, 0) is 9.53 Å². The zero-order chi connectivity index (χ0) is 19.6. The Morgan fingerprint density at radius 1 is 1.26 bits per heavy atom. The molecular formula is C19H19NO6S. The van der Waals surface area contributed by atoms with Crippen LogP contribution in [0.1, 0.15) is 21.3 Å². The first-order valence-electron chi connectivity index (χ1n) is 8.17. The van der Waals surface area contributed by atoms with Gasteiger partial charge in [0, 0.05) is 13.7 Å². The van der Waals surface area contributed by atoms with E-state index in [2.05, 4.69) is 0 Å². The minimum absolute atomic E-state index is 0.00583. The number of thiophene rings is 1. The Morgan fingerprint density at radius 3 is 2.67 bits per heavy atom. The first-order valence-corrected chi connectivity index (χ1v) is 9.05. The monoisotopic (exact) mass is 389 g/mol. The zero-order valence-corrected chi connectivity index (χ0v) is 15.7. The van der Waals surface area contributed by atoms with Gasteiger partial charge in [0.05, 0.1) is 30.2 Å². The van der Waals surface area contributed by atoms with Crippen molar-refractivity contribution < 1.29 is 29.3 Å². The summed E-state index contributed by atoms with van der Waals surface area (Å²) in [5, 5.41) is 22.1. The Balaban J connectivity index is 2.11. The van der Waals surface area contributed by atoms with Crippen molar-refractivity contribution in [1.29, 1.82) is 0 Å². The number of ketones is 1. The number of aliphatic hydroxyl groups is 1. The van der Waals surface area contributed by atoms with Gasteiger partial charge in [-0.05, 0) is 29.1 Å². The normalized spacial score (nSPS) is 16.9. The molecule has 0 aliphatic carbocycles. The molecule has 0 spiro atoms. The van der Waals surface area contributed by atoms with Crippen molar-refractivity contribution in [2.24, 2.45) is 0 Å². The quantitative estimate of drug-likeness (QED) is 0.707. The van der Waals surface area contributed by atoms with E-state index >= 15 is 0 Å². The summed E-state index contributed by atoms with van der Waals surface area (Å²) in [7, 11) is 2.91. The maximum Gasteiger partial charge on any atom is 0.290 e. The number of Topliss-reactive ketones (excluding diaryl/α,β-unsaturated/α-hetero) is 1. The van der Waals surface area contributed by atoms with Crippen molar-refractivity contribution in [1.82, 2.24) is 4.90 Å². The van der Waals surface area contributed by atoms with Crippen LogP contribution in [0.3, 0.4) is 0 Å². The van der Waals surface area contributed by atoms with Gasteiger partial charge in [0.15, 0.2) is 17.3 Å². The van der Waals surface area contributed by atoms with Gasteiger partial charge in [-0.1, -0.05) is 12.1 Å². The molecule has 1 unspecified atom stereocenters. The number of benzene rings is 1. The smallest absolute Gasteiger partial charge is 0.290 e. The minimum Gasteiger partial charge on any atom is -0.504 e. The Morgan fingerprint density at radius 2 is 2.04 bits per heavy atom. The van der Waals surface area contributed by atoms with Gasteiger partial charge in [0.25, 0.3) is 5.91 Å². The van der Waals surface area contributed by atoms with Crippen LogP contribution in [0, 0.1) is 0 Å². The number of hydrogen-bond donors (Lipinski definition) is 2. The standard InChI is InChI=1S/C19H19NO6S/c1-25-8-7-20-16(11-5-6-12(21)13(10-11)26-2)15(18(23)19(20)24)17(22)14-4-3-9-27-14/h3-6,9-10,16,21,23H,7-8H2,1-2H3. The van der Waals surface area contributed by atoms with Gasteiger partial charge >= 0.3 is 0 Å². The van der Waals surface area contributed by atoms with E-state index in [0.29, 0.717) is 10.4 Å². The van der Waals surface area contributed by atoms with Crippen LogP contribution < -0.4 is 4.74 Å². The number of phenols is 1. The molecule has 1 aliphatic rings. The lowest BCUT2D eigenvalue weighted by Gasteiger charge is -2.26. The van der Waals surface area contributed by atoms with Crippen molar-refractivity contribution in [3.8, 4) is 11.5 Å². The summed E-state index contributed by atoms with van der Waals surface area (Å²) in [6.07, 6.45) is 0. The van der Waals surface area contributed by atoms with Crippen LogP contribution in [0.15, 0.2) is 47.0 Å². The molecule has 2 heterocycles. The van der Waals surface area contributed by atoms with E-state index in [1.54, 1.807) is 29.6 Å². The average Bonchev–Trinajstić information content (AvgIpc) is 3.28. The van der Waals surface area contributed by atoms with Gasteiger partial charge in [0.2, 0.25) is 5.78 Å². The van der Waals surface area contributed by atoms with Gasteiger partial charge in [-0.15, -0.1) is 11.3 Å². The number of aromatic hydroxyl groups is 1. The molecule has 7 nitrogen and oxygen atoms in total. The topological polar surface area (TPSA) is 96.3 Å². The van der Waals surface area contributed by atoms with E-state index in [1.165, 1.54) is 36.5 Å². The Bertz CT molecular complexity index is 890. The average molecular weight is 389 g/mol. The summed E-state index contributed by atoms with van der Waals surface area (Å²) >= 11 is 1.23. The van der Waals surface area contributed by atoms with Gasteiger partial charge in [-0.3, -0.25) is 9.59 Å². The van der Waals surface area contributed by atoms with Gasteiger partial charge in [-0.25, -0.2) is 0 Å². The molecule has 1 aromatic carbocycles. The molecule has 8 heteroatoms. The largest absolute Gasteiger partial charge is 0.504 e.